The molecular weight excluding hydrogens is 200 g/mol. The lowest BCUT2D eigenvalue weighted by atomic mass is 10.1. The van der Waals surface area contributed by atoms with Gasteiger partial charge in [-0.1, -0.05) is 17.7 Å². The van der Waals surface area contributed by atoms with E-state index in [-0.39, 0.29) is 6.03 Å². The Kier molecular flexibility index (Phi) is 3.13. The van der Waals surface area contributed by atoms with Gasteiger partial charge in [0.15, 0.2) is 0 Å². The minimum atomic E-state index is 0.0319. The SMILES string of the molecule is Cc1ccc(NC(=O)N2CCCC2)c(C)c1. The average Bonchev–Trinajstić information content (AvgIpc) is 2.75. The lowest BCUT2D eigenvalue weighted by Crippen LogP contribution is -2.32. The second kappa shape index (κ2) is 4.56. The third-order valence-corrected chi connectivity index (χ3v) is 3.02. The van der Waals surface area contributed by atoms with Crippen LogP contribution in [0.4, 0.5) is 10.5 Å². The van der Waals surface area contributed by atoms with Crippen molar-refractivity contribution in [1.29, 1.82) is 0 Å². The van der Waals surface area contributed by atoms with Crippen LogP contribution in [0.15, 0.2) is 18.2 Å². The molecule has 1 heterocycles. The Balaban J connectivity index is 2.05. The molecule has 2 amide bonds. The monoisotopic (exact) mass is 218 g/mol. The van der Waals surface area contributed by atoms with Crippen molar-refractivity contribution in [3.8, 4) is 0 Å². The Bertz CT molecular complexity index is 395. The van der Waals surface area contributed by atoms with Crippen molar-refractivity contribution in [3.63, 3.8) is 0 Å². The zero-order valence-corrected chi connectivity index (χ0v) is 9.92. The molecule has 1 aromatic rings. The van der Waals surface area contributed by atoms with Gasteiger partial charge in [-0.25, -0.2) is 4.79 Å². The summed E-state index contributed by atoms with van der Waals surface area (Å²) in [6, 6.07) is 6.11. The van der Waals surface area contributed by atoms with Gasteiger partial charge in [0.1, 0.15) is 0 Å². The summed E-state index contributed by atoms with van der Waals surface area (Å²) in [5, 5.41) is 2.97. The van der Waals surface area contributed by atoms with Crippen LogP contribution in [0.5, 0.6) is 0 Å². The first kappa shape index (κ1) is 11.0. The zero-order valence-electron chi connectivity index (χ0n) is 9.92. The standard InChI is InChI=1S/C13H18N2O/c1-10-5-6-12(11(2)9-10)14-13(16)15-7-3-4-8-15/h5-6,9H,3-4,7-8H2,1-2H3,(H,14,16). The molecule has 0 aliphatic carbocycles. The van der Waals surface area contributed by atoms with E-state index >= 15 is 0 Å². The Morgan fingerprint density at radius 2 is 1.94 bits per heavy atom. The Hall–Kier alpha value is -1.51. The summed E-state index contributed by atoms with van der Waals surface area (Å²) in [5.41, 5.74) is 3.26. The Morgan fingerprint density at radius 1 is 1.25 bits per heavy atom. The zero-order chi connectivity index (χ0) is 11.5. The number of hydrogen-bond donors (Lipinski definition) is 1. The summed E-state index contributed by atoms with van der Waals surface area (Å²) in [7, 11) is 0. The largest absolute Gasteiger partial charge is 0.325 e. The third kappa shape index (κ3) is 2.35. The lowest BCUT2D eigenvalue weighted by molar-refractivity contribution is 0.222. The predicted octanol–water partition coefficient (Wildman–Crippen LogP) is 2.93. The number of carbonyl (C=O) groups is 1. The number of nitrogens with one attached hydrogen (secondary N) is 1. The van der Waals surface area contributed by atoms with E-state index in [1.165, 1.54) is 5.56 Å². The number of urea groups is 1. The highest BCUT2D eigenvalue weighted by Gasteiger charge is 2.17. The predicted molar refractivity (Wildman–Crippen MR) is 65.7 cm³/mol. The normalized spacial score (nSPS) is 15.2. The quantitative estimate of drug-likeness (QED) is 0.772. The number of amides is 2. The van der Waals surface area contributed by atoms with Crippen LogP contribution in [0.25, 0.3) is 0 Å². The van der Waals surface area contributed by atoms with E-state index < -0.39 is 0 Å². The number of benzene rings is 1. The van der Waals surface area contributed by atoms with Crippen molar-refractivity contribution in [2.24, 2.45) is 0 Å². The van der Waals surface area contributed by atoms with Gasteiger partial charge < -0.3 is 10.2 Å². The fourth-order valence-corrected chi connectivity index (χ4v) is 2.07. The summed E-state index contributed by atoms with van der Waals surface area (Å²) in [6.07, 6.45) is 2.25. The first-order chi connectivity index (χ1) is 7.66. The third-order valence-electron chi connectivity index (χ3n) is 3.02. The summed E-state index contributed by atoms with van der Waals surface area (Å²) in [4.78, 5) is 13.7. The minimum Gasteiger partial charge on any atom is -0.325 e. The molecule has 0 radical (unpaired) electrons. The Labute approximate surface area is 96.5 Å². The highest BCUT2D eigenvalue weighted by molar-refractivity contribution is 5.90. The Morgan fingerprint density at radius 3 is 2.56 bits per heavy atom. The molecule has 1 aliphatic rings. The number of carbonyl (C=O) groups excluding carboxylic acids is 1. The van der Waals surface area contributed by atoms with Crippen LogP contribution in [-0.4, -0.2) is 24.0 Å². The van der Waals surface area contributed by atoms with Crippen molar-refractivity contribution in [3.05, 3.63) is 29.3 Å². The van der Waals surface area contributed by atoms with Gasteiger partial charge in [-0.2, -0.15) is 0 Å². The second-order valence-corrected chi connectivity index (χ2v) is 4.44. The molecule has 0 unspecified atom stereocenters. The van der Waals surface area contributed by atoms with Gasteiger partial charge in [-0.05, 0) is 38.3 Å². The number of aryl methyl sites for hydroxylation is 2. The van der Waals surface area contributed by atoms with Gasteiger partial charge in [0.2, 0.25) is 0 Å². The highest BCUT2D eigenvalue weighted by Crippen LogP contribution is 2.17. The maximum atomic E-state index is 11.9. The van der Waals surface area contributed by atoms with Crippen LogP contribution in [-0.2, 0) is 0 Å². The summed E-state index contributed by atoms with van der Waals surface area (Å²) < 4.78 is 0. The fourth-order valence-electron chi connectivity index (χ4n) is 2.07. The number of hydrogen-bond acceptors (Lipinski definition) is 1. The molecule has 1 fully saturated rings. The number of rotatable bonds is 1. The molecule has 1 aliphatic heterocycles. The number of likely N-dealkylation sites (tertiary alicyclic amines) is 1. The maximum absolute atomic E-state index is 11.9. The van der Waals surface area contributed by atoms with Crippen molar-refractivity contribution >= 4 is 11.7 Å². The first-order valence-corrected chi connectivity index (χ1v) is 5.80. The van der Waals surface area contributed by atoms with Crippen molar-refractivity contribution in [1.82, 2.24) is 4.90 Å². The van der Waals surface area contributed by atoms with E-state index in [9.17, 15) is 4.79 Å². The minimum absolute atomic E-state index is 0.0319. The van der Waals surface area contributed by atoms with E-state index in [2.05, 4.69) is 18.3 Å². The molecule has 86 valence electrons. The molecule has 3 nitrogen and oxygen atoms in total. The van der Waals surface area contributed by atoms with Gasteiger partial charge >= 0.3 is 6.03 Å². The van der Waals surface area contributed by atoms with Gasteiger partial charge in [0.25, 0.3) is 0 Å². The van der Waals surface area contributed by atoms with Crippen molar-refractivity contribution in [2.75, 3.05) is 18.4 Å². The smallest absolute Gasteiger partial charge is 0.321 e. The van der Waals surface area contributed by atoms with Crippen LogP contribution in [0, 0.1) is 13.8 Å². The van der Waals surface area contributed by atoms with Gasteiger partial charge in [-0.3, -0.25) is 0 Å². The molecule has 0 saturated carbocycles. The molecular formula is C13H18N2O. The summed E-state index contributed by atoms with van der Waals surface area (Å²) in [5.74, 6) is 0. The molecule has 1 aromatic carbocycles. The fraction of sp³-hybridized carbons (Fsp3) is 0.462. The van der Waals surface area contributed by atoms with Crippen LogP contribution in [0.1, 0.15) is 24.0 Å². The van der Waals surface area contributed by atoms with Crippen LogP contribution in [0.2, 0.25) is 0 Å². The highest BCUT2D eigenvalue weighted by atomic mass is 16.2. The van der Waals surface area contributed by atoms with E-state index in [0.717, 1.165) is 37.2 Å². The van der Waals surface area contributed by atoms with E-state index in [0.29, 0.717) is 0 Å². The van der Waals surface area contributed by atoms with Crippen molar-refractivity contribution in [2.45, 2.75) is 26.7 Å². The van der Waals surface area contributed by atoms with E-state index in [1.807, 2.05) is 24.0 Å². The van der Waals surface area contributed by atoms with Crippen molar-refractivity contribution < 1.29 is 4.79 Å². The van der Waals surface area contributed by atoms with Gasteiger partial charge in [0, 0.05) is 18.8 Å². The molecule has 1 saturated heterocycles. The first-order valence-electron chi connectivity index (χ1n) is 5.80. The van der Waals surface area contributed by atoms with E-state index in [1.54, 1.807) is 0 Å². The van der Waals surface area contributed by atoms with Gasteiger partial charge in [0.05, 0.1) is 0 Å². The molecule has 0 bridgehead atoms. The molecule has 2 rings (SSSR count). The lowest BCUT2D eigenvalue weighted by Gasteiger charge is -2.17. The summed E-state index contributed by atoms with van der Waals surface area (Å²) >= 11 is 0. The molecule has 0 atom stereocenters. The van der Waals surface area contributed by atoms with Crippen LogP contribution >= 0.6 is 0 Å². The topological polar surface area (TPSA) is 32.3 Å². The molecule has 0 spiro atoms. The van der Waals surface area contributed by atoms with Crippen LogP contribution < -0.4 is 5.32 Å². The van der Waals surface area contributed by atoms with E-state index in [4.69, 9.17) is 0 Å². The van der Waals surface area contributed by atoms with Crippen LogP contribution in [0.3, 0.4) is 0 Å². The average molecular weight is 218 g/mol. The number of anilines is 1. The summed E-state index contributed by atoms with van der Waals surface area (Å²) in [6.45, 7) is 5.85. The second-order valence-electron chi connectivity index (χ2n) is 4.44. The number of nitrogens with zero attached hydrogens (tertiary/aromatic N) is 1. The maximum Gasteiger partial charge on any atom is 0.321 e. The van der Waals surface area contributed by atoms with Gasteiger partial charge in [-0.15, -0.1) is 0 Å². The molecule has 0 aromatic heterocycles. The molecule has 1 N–H and O–H groups in total. The molecule has 16 heavy (non-hydrogen) atoms. The molecule has 3 heteroatoms.